The molecule has 4 N–H and O–H groups in total. The zero-order valence-corrected chi connectivity index (χ0v) is 12.4. The van der Waals surface area contributed by atoms with Gasteiger partial charge in [0.25, 0.3) is 0 Å². The molecule has 0 saturated carbocycles. The summed E-state index contributed by atoms with van der Waals surface area (Å²) >= 11 is 0. The topological polar surface area (TPSA) is 79.6 Å². The van der Waals surface area contributed by atoms with Gasteiger partial charge in [-0.25, -0.2) is 14.4 Å². The first-order valence-electron chi connectivity index (χ1n) is 7.51. The molecule has 0 saturated heterocycles. The van der Waals surface area contributed by atoms with Gasteiger partial charge < -0.3 is 16.0 Å². The summed E-state index contributed by atoms with van der Waals surface area (Å²) in [6.07, 6.45) is 4.66. The van der Waals surface area contributed by atoms with Crippen molar-refractivity contribution < 1.29 is 4.39 Å². The van der Waals surface area contributed by atoms with Crippen LogP contribution in [-0.2, 0) is 0 Å². The van der Waals surface area contributed by atoms with Crippen molar-refractivity contribution in [3.63, 3.8) is 0 Å². The quantitative estimate of drug-likeness (QED) is 0.636. The second-order valence-electron chi connectivity index (χ2n) is 5.59. The minimum Gasteiger partial charge on any atom is -0.396 e. The van der Waals surface area contributed by atoms with Crippen molar-refractivity contribution in [1.29, 1.82) is 0 Å². The van der Waals surface area contributed by atoms with Gasteiger partial charge in [0.15, 0.2) is 0 Å². The molecule has 1 aliphatic heterocycles. The van der Waals surface area contributed by atoms with Crippen LogP contribution >= 0.6 is 0 Å². The standard InChI is InChI=1S/C17H16FN5/c18-13-2-1-11(7-14(13)19)16-12-8-15(10-3-5-20-6-4-10)23-17(12)22-9-21-16/h1-3,7-9,20H,4-6,19H2,(H,21,22,23). The molecule has 1 aliphatic rings. The molecule has 3 heterocycles. The van der Waals surface area contributed by atoms with E-state index in [2.05, 4.69) is 32.4 Å². The molecule has 6 heteroatoms. The van der Waals surface area contributed by atoms with Crippen LogP contribution in [-0.4, -0.2) is 28.0 Å². The summed E-state index contributed by atoms with van der Waals surface area (Å²) in [5, 5.41) is 4.21. The van der Waals surface area contributed by atoms with Gasteiger partial charge in [0.2, 0.25) is 0 Å². The van der Waals surface area contributed by atoms with Crippen molar-refractivity contribution in [3.05, 3.63) is 48.2 Å². The van der Waals surface area contributed by atoms with Crippen LogP contribution in [0.5, 0.6) is 0 Å². The molecule has 0 aliphatic carbocycles. The Bertz CT molecular complexity index is 912. The monoisotopic (exact) mass is 309 g/mol. The molecule has 116 valence electrons. The van der Waals surface area contributed by atoms with E-state index in [1.807, 2.05) is 0 Å². The van der Waals surface area contributed by atoms with Crippen molar-refractivity contribution in [3.8, 4) is 11.3 Å². The fraction of sp³-hybridized carbons (Fsp3) is 0.176. The molecule has 0 spiro atoms. The lowest BCUT2D eigenvalue weighted by atomic mass is 10.0. The number of halogens is 1. The Labute approximate surface area is 132 Å². The largest absolute Gasteiger partial charge is 0.396 e. The smallest absolute Gasteiger partial charge is 0.146 e. The predicted molar refractivity (Wildman–Crippen MR) is 89.2 cm³/mol. The van der Waals surface area contributed by atoms with E-state index in [1.54, 1.807) is 12.1 Å². The number of nitrogens with zero attached hydrogens (tertiary/aromatic N) is 2. The number of nitrogens with one attached hydrogen (secondary N) is 2. The Morgan fingerprint density at radius 2 is 2.09 bits per heavy atom. The SMILES string of the molecule is Nc1cc(-c2ncnc3[nH]c(C4=CCNCC4)cc23)ccc1F. The van der Waals surface area contributed by atoms with E-state index in [0.29, 0.717) is 0 Å². The van der Waals surface area contributed by atoms with Crippen molar-refractivity contribution >= 4 is 22.3 Å². The zero-order valence-electron chi connectivity index (χ0n) is 12.4. The van der Waals surface area contributed by atoms with Gasteiger partial charge >= 0.3 is 0 Å². The molecule has 0 radical (unpaired) electrons. The van der Waals surface area contributed by atoms with Crippen LogP contribution < -0.4 is 11.1 Å². The molecular formula is C17H16FN5. The van der Waals surface area contributed by atoms with Gasteiger partial charge in [-0.3, -0.25) is 0 Å². The minimum atomic E-state index is -0.423. The van der Waals surface area contributed by atoms with Crippen LogP contribution in [0, 0.1) is 5.82 Å². The van der Waals surface area contributed by atoms with E-state index in [9.17, 15) is 4.39 Å². The van der Waals surface area contributed by atoms with Gasteiger partial charge in [0.1, 0.15) is 17.8 Å². The van der Waals surface area contributed by atoms with E-state index >= 15 is 0 Å². The molecule has 4 rings (SSSR count). The summed E-state index contributed by atoms with van der Waals surface area (Å²) in [5.41, 5.74) is 10.4. The fourth-order valence-electron chi connectivity index (χ4n) is 2.90. The van der Waals surface area contributed by atoms with Gasteiger partial charge in [-0.05, 0) is 42.8 Å². The number of fused-ring (bicyclic) bond motifs is 1. The lowest BCUT2D eigenvalue weighted by Gasteiger charge is -2.12. The Hall–Kier alpha value is -2.73. The fourth-order valence-corrected chi connectivity index (χ4v) is 2.90. The lowest BCUT2D eigenvalue weighted by Crippen LogP contribution is -2.20. The highest BCUT2D eigenvalue weighted by atomic mass is 19.1. The highest BCUT2D eigenvalue weighted by Gasteiger charge is 2.14. The maximum Gasteiger partial charge on any atom is 0.146 e. The number of aromatic amines is 1. The van der Waals surface area contributed by atoms with Crippen molar-refractivity contribution in [2.24, 2.45) is 0 Å². The Morgan fingerprint density at radius 3 is 2.87 bits per heavy atom. The van der Waals surface area contributed by atoms with E-state index in [0.717, 1.165) is 47.5 Å². The summed E-state index contributed by atoms with van der Waals surface area (Å²) in [6.45, 7) is 1.84. The molecule has 5 nitrogen and oxygen atoms in total. The number of anilines is 1. The van der Waals surface area contributed by atoms with Gasteiger partial charge in [-0.15, -0.1) is 0 Å². The van der Waals surface area contributed by atoms with Crippen molar-refractivity contribution in [2.45, 2.75) is 6.42 Å². The number of hydrogen-bond donors (Lipinski definition) is 3. The third-order valence-corrected chi connectivity index (χ3v) is 4.10. The highest BCUT2D eigenvalue weighted by molar-refractivity contribution is 5.93. The van der Waals surface area contributed by atoms with Gasteiger partial charge in [-0.1, -0.05) is 6.08 Å². The number of benzene rings is 1. The van der Waals surface area contributed by atoms with Crippen LogP contribution in [0.25, 0.3) is 27.9 Å². The summed E-state index contributed by atoms with van der Waals surface area (Å²) in [6, 6.07) is 6.71. The van der Waals surface area contributed by atoms with Crippen LogP contribution in [0.3, 0.4) is 0 Å². The summed E-state index contributed by atoms with van der Waals surface area (Å²) in [7, 11) is 0. The van der Waals surface area contributed by atoms with E-state index in [-0.39, 0.29) is 5.69 Å². The van der Waals surface area contributed by atoms with Crippen LogP contribution in [0.2, 0.25) is 0 Å². The molecule has 0 amide bonds. The minimum absolute atomic E-state index is 0.117. The average Bonchev–Trinajstić information content (AvgIpc) is 3.02. The van der Waals surface area contributed by atoms with Crippen molar-refractivity contribution in [2.75, 3.05) is 18.8 Å². The normalized spacial score (nSPS) is 14.9. The van der Waals surface area contributed by atoms with Crippen molar-refractivity contribution in [1.82, 2.24) is 20.3 Å². The first kappa shape index (κ1) is 13.9. The predicted octanol–water partition coefficient (Wildman–Crippen LogP) is 2.72. The molecular weight excluding hydrogens is 293 g/mol. The first-order valence-corrected chi connectivity index (χ1v) is 7.51. The maximum atomic E-state index is 13.4. The highest BCUT2D eigenvalue weighted by Crippen LogP contribution is 2.30. The number of H-pyrrole nitrogens is 1. The van der Waals surface area contributed by atoms with Crippen LogP contribution in [0.4, 0.5) is 10.1 Å². The maximum absolute atomic E-state index is 13.4. The first-order chi connectivity index (χ1) is 11.2. The number of nitrogen functional groups attached to an aromatic ring is 1. The number of nitrogens with two attached hydrogens (primary N) is 1. The Kier molecular flexibility index (Phi) is 3.31. The zero-order chi connectivity index (χ0) is 15.8. The number of rotatable bonds is 2. The average molecular weight is 309 g/mol. The number of hydrogen-bond acceptors (Lipinski definition) is 4. The van der Waals surface area contributed by atoms with Crippen LogP contribution in [0.1, 0.15) is 12.1 Å². The molecule has 0 unspecified atom stereocenters. The molecule has 0 atom stereocenters. The van der Waals surface area contributed by atoms with Gasteiger partial charge in [0.05, 0.1) is 11.4 Å². The summed E-state index contributed by atoms with van der Waals surface area (Å²) < 4.78 is 13.4. The van der Waals surface area contributed by atoms with Gasteiger partial charge in [-0.2, -0.15) is 0 Å². The number of aromatic nitrogens is 3. The second-order valence-corrected chi connectivity index (χ2v) is 5.59. The molecule has 2 aromatic heterocycles. The second kappa shape index (κ2) is 5.48. The Morgan fingerprint density at radius 1 is 1.17 bits per heavy atom. The molecule has 0 fully saturated rings. The lowest BCUT2D eigenvalue weighted by molar-refractivity contribution is 0.632. The van der Waals surface area contributed by atoms with Gasteiger partial charge in [0, 0.05) is 23.2 Å². The molecule has 0 bridgehead atoms. The third-order valence-electron chi connectivity index (χ3n) is 4.10. The van der Waals surface area contributed by atoms with E-state index < -0.39 is 5.82 Å². The molecule has 1 aromatic carbocycles. The Balaban J connectivity index is 1.85. The van der Waals surface area contributed by atoms with E-state index in [4.69, 9.17) is 5.73 Å². The van der Waals surface area contributed by atoms with E-state index in [1.165, 1.54) is 18.0 Å². The summed E-state index contributed by atoms with van der Waals surface area (Å²) in [5.74, 6) is -0.423. The summed E-state index contributed by atoms with van der Waals surface area (Å²) in [4.78, 5) is 12.0. The van der Waals surface area contributed by atoms with Crippen LogP contribution in [0.15, 0.2) is 36.7 Å². The third kappa shape index (κ3) is 2.47. The molecule has 23 heavy (non-hydrogen) atoms. The molecule has 3 aromatic rings.